The van der Waals surface area contributed by atoms with Crippen LogP contribution in [0.3, 0.4) is 0 Å². The maximum atomic E-state index is 5.01. The first kappa shape index (κ1) is 7.18. The first-order valence-corrected chi connectivity index (χ1v) is 4.25. The molecule has 0 amide bonds. The topological polar surface area (TPSA) is 9.23 Å². The van der Waals surface area contributed by atoms with Gasteiger partial charge in [-0.1, -0.05) is 6.04 Å². The number of ether oxygens (including phenoxy) is 1. The van der Waals surface area contributed by atoms with Gasteiger partial charge in [0.05, 0.1) is 6.10 Å². The summed E-state index contributed by atoms with van der Waals surface area (Å²) in [5.74, 6) is 0. The van der Waals surface area contributed by atoms with E-state index in [9.17, 15) is 0 Å². The molecule has 0 N–H and O–H groups in total. The summed E-state index contributed by atoms with van der Waals surface area (Å²) in [6, 6.07) is 1.36. The summed E-state index contributed by atoms with van der Waals surface area (Å²) in [5.41, 5.74) is 0. The monoisotopic (exact) mass is 118 g/mol. The lowest BCUT2D eigenvalue weighted by Gasteiger charge is -2.04. The van der Waals surface area contributed by atoms with Crippen LogP contribution in [-0.2, 0) is 4.74 Å². The Hall–Kier alpha value is 0.177. The predicted octanol–water partition coefficient (Wildman–Crippen LogP) is 0.195. The zero-order valence-electron chi connectivity index (χ0n) is 5.40. The van der Waals surface area contributed by atoms with Crippen LogP contribution in [0.5, 0.6) is 0 Å². The van der Waals surface area contributed by atoms with Gasteiger partial charge < -0.3 is 4.74 Å². The van der Waals surface area contributed by atoms with E-state index in [0.29, 0.717) is 6.10 Å². The van der Waals surface area contributed by atoms with Crippen molar-refractivity contribution in [3.63, 3.8) is 0 Å². The van der Waals surface area contributed by atoms with Crippen molar-refractivity contribution in [2.24, 2.45) is 0 Å². The smallest absolute Gasteiger partial charge is 0.0540 e. The Morgan fingerprint density at radius 2 is 2.29 bits per heavy atom. The molecule has 0 aliphatic heterocycles. The highest BCUT2D eigenvalue weighted by atomic mass is 28.1. The van der Waals surface area contributed by atoms with Crippen LogP contribution in [0.15, 0.2) is 0 Å². The van der Waals surface area contributed by atoms with Gasteiger partial charge in [0.15, 0.2) is 0 Å². The van der Waals surface area contributed by atoms with Crippen molar-refractivity contribution in [2.45, 2.75) is 25.5 Å². The lowest BCUT2D eigenvalue weighted by Crippen LogP contribution is -2.02. The Balaban J connectivity index is 2.83. The van der Waals surface area contributed by atoms with Crippen LogP contribution in [0, 0.1) is 0 Å². The summed E-state index contributed by atoms with van der Waals surface area (Å²) >= 11 is 0. The SMILES string of the molecule is COC(C)CC[SiH3]. The molecule has 1 nitrogen and oxygen atoms in total. The molecule has 0 saturated carbocycles. The summed E-state index contributed by atoms with van der Waals surface area (Å²) in [6.07, 6.45) is 1.72. The fourth-order valence-corrected chi connectivity index (χ4v) is 1.34. The lowest BCUT2D eigenvalue weighted by molar-refractivity contribution is 0.115. The van der Waals surface area contributed by atoms with E-state index in [0.717, 1.165) is 0 Å². The van der Waals surface area contributed by atoms with E-state index in [1.165, 1.54) is 22.7 Å². The lowest BCUT2D eigenvalue weighted by atomic mass is 10.3. The molecule has 2 heteroatoms. The van der Waals surface area contributed by atoms with Gasteiger partial charge in [-0.25, -0.2) is 0 Å². The van der Waals surface area contributed by atoms with Crippen LogP contribution in [0.2, 0.25) is 6.04 Å². The molecule has 44 valence electrons. The van der Waals surface area contributed by atoms with Gasteiger partial charge in [0.25, 0.3) is 0 Å². The minimum Gasteiger partial charge on any atom is -0.382 e. The molecule has 0 fully saturated rings. The molecule has 0 bridgehead atoms. The zero-order chi connectivity index (χ0) is 5.70. The van der Waals surface area contributed by atoms with Crippen LogP contribution in [0.1, 0.15) is 13.3 Å². The quantitative estimate of drug-likeness (QED) is 0.481. The van der Waals surface area contributed by atoms with Crippen molar-refractivity contribution in [3.8, 4) is 0 Å². The van der Waals surface area contributed by atoms with Crippen molar-refractivity contribution < 1.29 is 4.74 Å². The van der Waals surface area contributed by atoms with E-state index in [1.54, 1.807) is 7.11 Å². The van der Waals surface area contributed by atoms with E-state index < -0.39 is 0 Å². The first-order valence-electron chi connectivity index (χ1n) is 2.84. The summed E-state index contributed by atoms with van der Waals surface area (Å²) in [5, 5.41) is 0. The van der Waals surface area contributed by atoms with E-state index >= 15 is 0 Å². The molecule has 1 atom stereocenters. The molecule has 0 aliphatic carbocycles. The number of methoxy groups -OCH3 is 1. The Morgan fingerprint density at radius 1 is 1.71 bits per heavy atom. The third-order valence-corrected chi connectivity index (χ3v) is 1.67. The van der Waals surface area contributed by atoms with Crippen molar-refractivity contribution in [1.29, 1.82) is 0 Å². The van der Waals surface area contributed by atoms with Gasteiger partial charge in [-0.15, -0.1) is 0 Å². The molecule has 0 saturated heterocycles. The van der Waals surface area contributed by atoms with E-state index in [2.05, 4.69) is 6.92 Å². The molecule has 1 unspecified atom stereocenters. The van der Waals surface area contributed by atoms with Gasteiger partial charge in [-0.05, 0) is 13.3 Å². The van der Waals surface area contributed by atoms with Crippen LogP contribution in [-0.4, -0.2) is 23.5 Å². The van der Waals surface area contributed by atoms with E-state index in [4.69, 9.17) is 4.74 Å². The van der Waals surface area contributed by atoms with Gasteiger partial charge in [-0.3, -0.25) is 0 Å². The largest absolute Gasteiger partial charge is 0.382 e. The molecule has 0 aromatic heterocycles. The van der Waals surface area contributed by atoms with Gasteiger partial charge in [0.1, 0.15) is 0 Å². The number of rotatable bonds is 3. The summed E-state index contributed by atoms with van der Waals surface area (Å²) in [6.45, 7) is 2.11. The zero-order valence-corrected chi connectivity index (χ0v) is 7.40. The van der Waals surface area contributed by atoms with E-state index in [1.807, 2.05) is 0 Å². The molecule has 0 aromatic rings. The fourth-order valence-electron chi connectivity index (χ4n) is 0.524. The predicted molar refractivity (Wildman–Crippen MR) is 35.8 cm³/mol. The number of hydrogen-bond acceptors (Lipinski definition) is 1. The molecule has 0 radical (unpaired) electrons. The third-order valence-electron chi connectivity index (χ3n) is 1.10. The van der Waals surface area contributed by atoms with Crippen LogP contribution in [0.4, 0.5) is 0 Å². The molecular weight excluding hydrogens is 104 g/mol. The van der Waals surface area contributed by atoms with Crippen LogP contribution < -0.4 is 0 Å². The Kier molecular flexibility index (Phi) is 4.45. The molecule has 0 spiro atoms. The molecule has 0 heterocycles. The van der Waals surface area contributed by atoms with Crippen molar-refractivity contribution in [1.82, 2.24) is 0 Å². The van der Waals surface area contributed by atoms with Crippen molar-refractivity contribution in [3.05, 3.63) is 0 Å². The van der Waals surface area contributed by atoms with Crippen molar-refractivity contribution in [2.75, 3.05) is 7.11 Å². The normalized spacial score (nSPS) is 14.6. The van der Waals surface area contributed by atoms with Crippen LogP contribution >= 0.6 is 0 Å². The maximum absolute atomic E-state index is 5.01. The average molecular weight is 118 g/mol. The minimum atomic E-state index is 0.484. The molecule has 0 aliphatic rings. The summed E-state index contributed by atoms with van der Waals surface area (Å²) in [4.78, 5) is 0. The second kappa shape index (κ2) is 4.34. The number of hydrogen-bond donors (Lipinski definition) is 0. The molecule has 7 heavy (non-hydrogen) atoms. The Bertz CT molecular complexity index is 39.1. The highest BCUT2D eigenvalue weighted by Gasteiger charge is 1.92. The van der Waals surface area contributed by atoms with Gasteiger partial charge in [-0.2, -0.15) is 0 Å². The average Bonchev–Trinajstić information content (AvgIpc) is 1.68. The highest BCUT2D eigenvalue weighted by molar-refractivity contribution is 6.08. The van der Waals surface area contributed by atoms with Gasteiger partial charge in [0.2, 0.25) is 0 Å². The molecular formula is C5H14OSi. The fraction of sp³-hybridized carbons (Fsp3) is 1.00. The highest BCUT2D eigenvalue weighted by Crippen LogP contribution is 1.95. The van der Waals surface area contributed by atoms with Crippen LogP contribution in [0.25, 0.3) is 0 Å². The van der Waals surface area contributed by atoms with Gasteiger partial charge >= 0.3 is 0 Å². The standard InChI is InChI=1S/C5H14OSi/c1-5(6-2)3-4-7/h5H,3-4H2,1-2,7H3. The van der Waals surface area contributed by atoms with Crippen molar-refractivity contribution >= 4 is 10.2 Å². The molecule has 0 rings (SSSR count). The minimum absolute atomic E-state index is 0.484. The molecule has 0 aromatic carbocycles. The van der Waals surface area contributed by atoms with Gasteiger partial charge in [0, 0.05) is 17.4 Å². The first-order chi connectivity index (χ1) is 3.31. The maximum Gasteiger partial charge on any atom is 0.0540 e. The Morgan fingerprint density at radius 3 is 2.43 bits per heavy atom. The third kappa shape index (κ3) is 4.02. The summed E-state index contributed by atoms with van der Waals surface area (Å²) in [7, 11) is 3.08. The summed E-state index contributed by atoms with van der Waals surface area (Å²) < 4.78 is 5.01. The second-order valence-corrected chi connectivity index (χ2v) is 2.83. The Labute approximate surface area is 48.5 Å². The van der Waals surface area contributed by atoms with E-state index in [-0.39, 0.29) is 0 Å². The second-order valence-electron chi connectivity index (χ2n) is 1.83.